The van der Waals surface area contributed by atoms with Gasteiger partial charge in [0.25, 0.3) is 0 Å². The second-order valence-corrected chi connectivity index (χ2v) is 8.67. The Hall–Kier alpha value is -2.66. The predicted octanol–water partition coefficient (Wildman–Crippen LogP) is 2.18. The van der Waals surface area contributed by atoms with Crippen molar-refractivity contribution in [2.45, 2.75) is 37.8 Å². The van der Waals surface area contributed by atoms with Crippen LogP contribution in [0.2, 0.25) is 0 Å². The largest absolute Gasteiger partial charge is 0.480 e. The van der Waals surface area contributed by atoms with Crippen LogP contribution in [-0.2, 0) is 20.8 Å². The van der Waals surface area contributed by atoms with Crippen LogP contribution in [0.1, 0.15) is 24.8 Å². The van der Waals surface area contributed by atoms with Crippen LogP contribution < -0.4 is 5.32 Å². The summed E-state index contributed by atoms with van der Waals surface area (Å²) in [5.74, 6) is -3.31. The van der Waals surface area contributed by atoms with E-state index in [0.717, 1.165) is 15.9 Å². The van der Waals surface area contributed by atoms with Crippen molar-refractivity contribution >= 4 is 28.4 Å². The molecular weight excluding hydrogens is 400 g/mol. The second kappa shape index (κ2) is 8.37. The lowest BCUT2D eigenvalue weighted by Gasteiger charge is -2.30. The molecule has 2 aliphatic heterocycles. The minimum atomic E-state index is -3.53. The molecule has 0 aliphatic carbocycles. The van der Waals surface area contributed by atoms with Crippen LogP contribution >= 0.6 is 10.6 Å². The Bertz CT molecular complexity index is 882. The average Bonchev–Trinajstić information content (AvgIpc) is 2.83. The van der Waals surface area contributed by atoms with Gasteiger partial charge in [-0.3, -0.25) is 28.9 Å². The number of fused-ring (bicyclic) bond motifs is 1. The van der Waals surface area contributed by atoms with Gasteiger partial charge in [0.05, 0.1) is 11.4 Å². The summed E-state index contributed by atoms with van der Waals surface area (Å²) in [4.78, 5) is 36.9. The zero-order chi connectivity index (χ0) is 21.2. The number of carboxylic acid groups (broad SMARTS) is 2. The maximum atomic E-state index is 13.0. The molecule has 2 heterocycles. The molecule has 0 aromatic heterocycles. The van der Waals surface area contributed by atoms with Crippen molar-refractivity contribution in [3.63, 3.8) is 0 Å². The number of hydrogen-bond donors (Lipinski definition) is 5. The van der Waals surface area contributed by atoms with Gasteiger partial charge in [0.1, 0.15) is 11.1 Å². The lowest BCUT2D eigenvalue weighted by atomic mass is 10.0. The molecule has 1 amide bonds. The van der Waals surface area contributed by atoms with E-state index in [1.54, 1.807) is 0 Å². The van der Waals surface area contributed by atoms with E-state index in [1.807, 2.05) is 30.3 Å². The number of rotatable bonds is 7. The second-order valence-electron chi connectivity index (χ2n) is 6.83. The average molecular weight is 422 g/mol. The standard InChI is InChI=1S/C19H22N2O7S/c22-17-13(20-14(18(23)24)10-9-12-5-2-1-3-6-12)7-4-8-16-21(17)15(19(25)26)11-29(16,27)28/h1-3,5-6,8,11,13-14,20,27-28H,4,7,9-10H2,(H,23,24)(H,25,26)/t13-,14?/m1/s1. The van der Waals surface area contributed by atoms with Crippen molar-refractivity contribution in [3.05, 3.63) is 58.1 Å². The van der Waals surface area contributed by atoms with Gasteiger partial charge < -0.3 is 10.2 Å². The van der Waals surface area contributed by atoms with Crippen LogP contribution in [0.25, 0.3) is 0 Å². The molecule has 0 radical (unpaired) electrons. The van der Waals surface area contributed by atoms with Gasteiger partial charge in [-0.15, -0.1) is 10.6 Å². The van der Waals surface area contributed by atoms with Crippen LogP contribution in [0.4, 0.5) is 0 Å². The number of aryl methyl sites for hydroxylation is 1. The lowest BCUT2D eigenvalue weighted by Crippen LogP contribution is -2.51. The van der Waals surface area contributed by atoms with Crippen LogP contribution in [0.5, 0.6) is 0 Å². The molecule has 1 aromatic rings. The summed E-state index contributed by atoms with van der Waals surface area (Å²) < 4.78 is 20.3. The number of benzene rings is 1. The highest BCUT2D eigenvalue weighted by Crippen LogP contribution is 2.58. The van der Waals surface area contributed by atoms with Gasteiger partial charge in [-0.05, 0) is 37.3 Å². The number of nitrogens with one attached hydrogen (secondary N) is 1. The minimum absolute atomic E-state index is 0.166. The van der Waals surface area contributed by atoms with Gasteiger partial charge in [-0.25, -0.2) is 4.79 Å². The molecule has 0 saturated carbocycles. The Morgan fingerprint density at radius 1 is 1.21 bits per heavy atom. The van der Waals surface area contributed by atoms with Crippen LogP contribution in [-0.4, -0.2) is 54.1 Å². The molecule has 3 rings (SSSR count). The predicted molar refractivity (Wildman–Crippen MR) is 106 cm³/mol. The molecule has 2 aliphatic rings. The Labute approximate surface area is 168 Å². The highest BCUT2D eigenvalue weighted by atomic mass is 32.3. The summed E-state index contributed by atoms with van der Waals surface area (Å²) in [6.07, 6.45) is 2.61. The first-order chi connectivity index (χ1) is 13.7. The van der Waals surface area contributed by atoms with Gasteiger partial charge in [0, 0.05) is 0 Å². The van der Waals surface area contributed by atoms with Gasteiger partial charge in [-0.2, -0.15) is 0 Å². The zero-order valence-corrected chi connectivity index (χ0v) is 16.2. The fourth-order valence-corrected chi connectivity index (χ4v) is 4.85. The molecule has 1 aromatic carbocycles. The highest BCUT2D eigenvalue weighted by Gasteiger charge is 2.44. The number of amides is 1. The van der Waals surface area contributed by atoms with E-state index >= 15 is 0 Å². The SMILES string of the molecule is O=C(O)C1=CS(O)(O)C2=CCC[C@@H](NC(CCc3ccccc3)C(=O)O)C(=O)N12. The molecule has 0 bridgehead atoms. The Kier molecular flexibility index (Phi) is 6.08. The summed E-state index contributed by atoms with van der Waals surface area (Å²) in [7, 11) is -3.53. The van der Waals surface area contributed by atoms with E-state index in [9.17, 15) is 33.7 Å². The fourth-order valence-electron chi connectivity index (χ4n) is 3.39. The number of aliphatic carboxylic acids is 2. The van der Waals surface area contributed by atoms with Gasteiger partial charge in [-0.1, -0.05) is 30.3 Å². The normalized spacial score (nSPS) is 22.8. The first-order valence-corrected chi connectivity index (χ1v) is 10.6. The van der Waals surface area contributed by atoms with Crippen molar-refractivity contribution in [1.82, 2.24) is 10.2 Å². The van der Waals surface area contributed by atoms with E-state index < -0.39 is 46.2 Å². The number of nitrogens with zero attached hydrogens (tertiary/aromatic N) is 1. The molecule has 2 atom stereocenters. The van der Waals surface area contributed by atoms with E-state index in [1.165, 1.54) is 6.08 Å². The Morgan fingerprint density at radius 2 is 1.90 bits per heavy atom. The molecule has 1 unspecified atom stereocenters. The van der Waals surface area contributed by atoms with Gasteiger partial charge >= 0.3 is 11.9 Å². The third kappa shape index (κ3) is 4.51. The molecule has 156 valence electrons. The maximum absolute atomic E-state index is 13.0. The first kappa shape index (κ1) is 21.1. The first-order valence-electron chi connectivity index (χ1n) is 9.01. The molecular formula is C19H22N2O7S. The third-order valence-electron chi connectivity index (χ3n) is 4.82. The van der Waals surface area contributed by atoms with Crippen molar-refractivity contribution in [2.75, 3.05) is 0 Å². The summed E-state index contributed by atoms with van der Waals surface area (Å²) in [5.41, 5.74) is 0.424. The van der Waals surface area contributed by atoms with E-state index in [4.69, 9.17) is 0 Å². The summed E-state index contributed by atoms with van der Waals surface area (Å²) in [6.45, 7) is 0. The number of carbonyl (C=O) groups excluding carboxylic acids is 1. The van der Waals surface area contributed by atoms with Crippen molar-refractivity contribution in [2.24, 2.45) is 0 Å². The third-order valence-corrected chi connectivity index (χ3v) is 6.34. The monoisotopic (exact) mass is 422 g/mol. The van der Waals surface area contributed by atoms with Crippen LogP contribution in [0.3, 0.4) is 0 Å². The lowest BCUT2D eigenvalue weighted by molar-refractivity contribution is -0.142. The molecule has 0 spiro atoms. The topological polar surface area (TPSA) is 147 Å². The van der Waals surface area contributed by atoms with E-state index in [0.29, 0.717) is 6.42 Å². The highest BCUT2D eigenvalue weighted by molar-refractivity contribution is 8.30. The number of allylic oxidation sites excluding steroid dienone is 1. The summed E-state index contributed by atoms with van der Waals surface area (Å²) in [5, 5.41) is 22.3. The quantitative estimate of drug-likeness (QED) is 0.449. The summed E-state index contributed by atoms with van der Waals surface area (Å²) >= 11 is 0. The molecule has 0 fully saturated rings. The van der Waals surface area contributed by atoms with Crippen molar-refractivity contribution in [3.8, 4) is 0 Å². The van der Waals surface area contributed by atoms with Crippen LogP contribution in [0.15, 0.2) is 52.5 Å². The van der Waals surface area contributed by atoms with Gasteiger partial charge in [0.15, 0.2) is 5.70 Å². The van der Waals surface area contributed by atoms with Crippen molar-refractivity contribution < 1.29 is 33.7 Å². The Morgan fingerprint density at radius 3 is 2.52 bits per heavy atom. The molecule has 5 N–H and O–H groups in total. The molecule has 29 heavy (non-hydrogen) atoms. The number of carbonyl (C=O) groups is 3. The maximum Gasteiger partial charge on any atom is 0.354 e. The Balaban J connectivity index is 1.76. The number of hydrogen-bond acceptors (Lipinski definition) is 6. The molecule has 9 nitrogen and oxygen atoms in total. The van der Waals surface area contributed by atoms with E-state index in [-0.39, 0.29) is 24.3 Å². The summed E-state index contributed by atoms with van der Waals surface area (Å²) in [6, 6.07) is 7.33. The number of carboxylic acids is 2. The van der Waals surface area contributed by atoms with Gasteiger partial charge in [0.2, 0.25) is 5.91 Å². The fraction of sp³-hybridized carbons (Fsp3) is 0.316. The molecule has 0 saturated heterocycles. The minimum Gasteiger partial charge on any atom is -0.480 e. The van der Waals surface area contributed by atoms with E-state index in [2.05, 4.69) is 5.32 Å². The van der Waals surface area contributed by atoms with Crippen LogP contribution in [0, 0.1) is 0 Å². The zero-order valence-electron chi connectivity index (χ0n) is 15.4. The molecule has 10 heteroatoms. The van der Waals surface area contributed by atoms with Crippen molar-refractivity contribution in [1.29, 1.82) is 0 Å². The smallest absolute Gasteiger partial charge is 0.354 e.